The molecule has 39 heavy (non-hydrogen) atoms. The summed E-state index contributed by atoms with van der Waals surface area (Å²) < 4.78 is 27.0. The van der Waals surface area contributed by atoms with Crippen LogP contribution in [-0.2, 0) is 10.0 Å². The second kappa shape index (κ2) is 11.4. The quantitative estimate of drug-likeness (QED) is 0.234. The van der Waals surface area contributed by atoms with Crippen molar-refractivity contribution >= 4 is 57.0 Å². The van der Waals surface area contributed by atoms with Crippen LogP contribution < -0.4 is 20.9 Å². The number of urea groups is 1. The monoisotopic (exact) mass is 568 g/mol. The number of aromatic nitrogens is 5. The Kier molecular flexibility index (Phi) is 7.83. The number of hydrazine groups is 1. The summed E-state index contributed by atoms with van der Waals surface area (Å²) in [5.74, 6) is 0.708. The zero-order valence-electron chi connectivity index (χ0n) is 21.3. The van der Waals surface area contributed by atoms with E-state index in [2.05, 4.69) is 53.0 Å². The fraction of sp³-hybridized carbons (Fsp3) is 0.292. The number of amides is 2. The van der Waals surface area contributed by atoms with Crippen molar-refractivity contribution in [1.29, 1.82) is 0 Å². The number of carbonyl (C=O) groups excluding carboxylic acids is 1. The molecule has 0 spiro atoms. The Labute approximate surface area is 229 Å². The lowest BCUT2D eigenvalue weighted by Gasteiger charge is -2.29. The maximum absolute atomic E-state index is 12.7. The predicted octanol–water partition coefficient (Wildman–Crippen LogP) is 2.58. The summed E-state index contributed by atoms with van der Waals surface area (Å²) in [7, 11) is -1.80. The normalized spacial score (nSPS) is 15.1. The van der Waals surface area contributed by atoms with Gasteiger partial charge in [0.25, 0.3) is 10.0 Å². The molecule has 0 aliphatic carbocycles. The van der Waals surface area contributed by atoms with Crippen LogP contribution in [0.2, 0.25) is 0 Å². The summed E-state index contributed by atoms with van der Waals surface area (Å²) in [6.07, 6.45) is 6.86. The molecular formula is C24H28N10O3S2. The molecule has 4 N–H and O–H groups in total. The molecule has 1 aliphatic rings. The van der Waals surface area contributed by atoms with E-state index in [1.54, 1.807) is 34.9 Å². The van der Waals surface area contributed by atoms with Gasteiger partial charge < -0.3 is 10.2 Å². The first kappa shape index (κ1) is 26.7. The van der Waals surface area contributed by atoms with Crippen LogP contribution in [0.3, 0.4) is 0 Å². The Balaban J connectivity index is 1.39. The van der Waals surface area contributed by atoms with Gasteiger partial charge in [0.15, 0.2) is 5.65 Å². The number of nitrogens with zero attached hydrogens (tertiary/aromatic N) is 6. The number of aryl methyl sites for hydroxylation is 1. The number of piperidine rings is 1. The molecule has 13 nitrogen and oxygen atoms in total. The van der Waals surface area contributed by atoms with Gasteiger partial charge in [-0.2, -0.15) is 0 Å². The molecule has 0 bridgehead atoms. The van der Waals surface area contributed by atoms with Crippen molar-refractivity contribution < 1.29 is 13.2 Å². The van der Waals surface area contributed by atoms with Crippen LogP contribution in [0, 0.1) is 6.92 Å². The molecule has 0 saturated carbocycles. The number of sulfonamides is 1. The number of thiazole rings is 1. The average Bonchev–Trinajstić information content (AvgIpc) is 3.58. The number of fused-ring (bicyclic) bond motifs is 1. The lowest BCUT2D eigenvalue weighted by atomic mass is 10.1. The van der Waals surface area contributed by atoms with Gasteiger partial charge in [-0.1, -0.05) is 17.7 Å². The molecule has 15 heteroatoms. The number of hydrogen-bond donors (Lipinski definition) is 4. The highest BCUT2D eigenvalue weighted by molar-refractivity contribution is 7.89. The summed E-state index contributed by atoms with van der Waals surface area (Å²) in [4.78, 5) is 26.2. The zero-order valence-corrected chi connectivity index (χ0v) is 23.0. The third-order valence-electron chi connectivity index (χ3n) is 6.17. The van der Waals surface area contributed by atoms with Crippen LogP contribution >= 0.6 is 11.3 Å². The summed E-state index contributed by atoms with van der Waals surface area (Å²) in [5, 5.41) is 16.6. The Morgan fingerprint density at radius 1 is 1.13 bits per heavy atom. The molecule has 5 rings (SSSR count). The van der Waals surface area contributed by atoms with Gasteiger partial charge in [-0.15, -0.1) is 26.4 Å². The predicted molar refractivity (Wildman–Crippen MR) is 150 cm³/mol. The summed E-state index contributed by atoms with van der Waals surface area (Å²) in [5.41, 5.74) is 3.94. The van der Waals surface area contributed by atoms with Crippen molar-refractivity contribution in [2.75, 3.05) is 30.9 Å². The molecule has 1 fully saturated rings. The number of anilines is 2. The van der Waals surface area contributed by atoms with Crippen molar-refractivity contribution in [3.63, 3.8) is 0 Å². The van der Waals surface area contributed by atoms with E-state index in [0.29, 0.717) is 11.5 Å². The van der Waals surface area contributed by atoms with Gasteiger partial charge in [0.05, 0.1) is 4.90 Å². The van der Waals surface area contributed by atoms with Crippen LogP contribution in [0.4, 0.5) is 16.6 Å². The Bertz CT molecular complexity index is 1580. The average molecular weight is 569 g/mol. The lowest BCUT2D eigenvalue weighted by molar-refractivity contribution is 0.221. The topological polar surface area (TPSA) is 159 Å². The first-order chi connectivity index (χ1) is 18.8. The molecule has 3 aromatic heterocycles. The van der Waals surface area contributed by atoms with Gasteiger partial charge >= 0.3 is 6.03 Å². The molecule has 2 amide bonds. The Hall–Kier alpha value is -3.92. The number of rotatable bonds is 8. The first-order valence-corrected chi connectivity index (χ1v) is 14.6. The minimum atomic E-state index is -3.86. The summed E-state index contributed by atoms with van der Waals surface area (Å²) in [6.45, 7) is 3.71. The summed E-state index contributed by atoms with van der Waals surface area (Å²) in [6, 6.07) is 7.67. The largest absolute Gasteiger partial charge is 0.335 e. The maximum atomic E-state index is 12.7. The van der Waals surface area contributed by atoms with Crippen LogP contribution in [-0.4, -0.2) is 70.1 Å². The molecule has 4 heterocycles. The molecule has 4 aromatic rings. The minimum absolute atomic E-state index is 0.0696. The second-order valence-corrected chi connectivity index (χ2v) is 11.7. The van der Waals surface area contributed by atoms with Crippen molar-refractivity contribution in [2.24, 2.45) is 0 Å². The Morgan fingerprint density at radius 3 is 2.62 bits per heavy atom. The van der Waals surface area contributed by atoms with Gasteiger partial charge in [-0.05, 0) is 64.2 Å². The minimum Gasteiger partial charge on any atom is -0.335 e. The standard InChI is InChI=1S/C24H28N10O3S2/c1-16-3-5-18(6-4-16)39(36,37)32-29-19-15-21-30-31-23(28-24(35)26-17-9-12-33(2)13-10-17)34(21)20(27-19)7-8-22-25-11-14-38-22/h3-8,11,14-15,17,29,32H,9-10,12-13H2,1-2H3,(H2,26,28,31,35)/b8-7+. The van der Waals surface area contributed by atoms with E-state index in [0.717, 1.165) is 36.5 Å². The summed E-state index contributed by atoms with van der Waals surface area (Å²) >= 11 is 1.44. The van der Waals surface area contributed by atoms with Gasteiger partial charge in [-0.3, -0.25) is 10.7 Å². The van der Waals surface area contributed by atoms with E-state index >= 15 is 0 Å². The molecule has 204 valence electrons. The first-order valence-electron chi connectivity index (χ1n) is 12.2. The van der Waals surface area contributed by atoms with E-state index in [9.17, 15) is 13.2 Å². The number of benzene rings is 1. The van der Waals surface area contributed by atoms with Crippen LogP contribution in [0.5, 0.6) is 0 Å². The van der Waals surface area contributed by atoms with E-state index in [-0.39, 0.29) is 28.7 Å². The highest BCUT2D eigenvalue weighted by Gasteiger charge is 2.21. The number of hydrogen-bond acceptors (Lipinski definition) is 10. The van der Waals surface area contributed by atoms with Gasteiger partial charge in [0.2, 0.25) is 5.95 Å². The Morgan fingerprint density at radius 2 is 1.90 bits per heavy atom. The molecule has 1 aliphatic heterocycles. The van der Waals surface area contributed by atoms with Gasteiger partial charge in [0, 0.05) is 23.7 Å². The zero-order chi connectivity index (χ0) is 27.4. The van der Waals surface area contributed by atoms with Crippen molar-refractivity contribution in [3.8, 4) is 0 Å². The molecule has 0 radical (unpaired) electrons. The van der Waals surface area contributed by atoms with Crippen LogP contribution in [0.1, 0.15) is 29.2 Å². The van der Waals surface area contributed by atoms with Crippen LogP contribution in [0.15, 0.2) is 46.8 Å². The maximum Gasteiger partial charge on any atom is 0.321 e. The van der Waals surface area contributed by atoms with Crippen molar-refractivity contribution in [3.05, 3.63) is 58.3 Å². The smallest absolute Gasteiger partial charge is 0.321 e. The highest BCUT2D eigenvalue weighted by atomic mass is 32.2. The fourth-order valence-corrected chi connectivity index (χ4v) is 5.42. The SMILES string of the molecule is Cc1ccc(S(=O)(=O)NNc2cc3nnc(NC(=O)NC4CCN(C)CC4)n3c(/C=C/c3nccs3)n2)cc1. The lowest BCUT2D eigenvalue weighted by Crippen LogP contribution is -2.45. The fourth-order valence-electron chi connectivity index (χ4n) is 4.03. The van der Waals surface area contributed by atoms with E-state index < -0.39 is 10.0 Å². The molecule has 0 atom stereocenters. The van der Waals surface area contributed by atoms with Gasteiger partial charge in [-0.25, -0.2) is 27.6 Å². The number of likely N-dealkylation sites (tertiary alicyclic amines) is 1. The van der Waals surface area contributed by atoms with Crippen molar-refractivity contribution in [1.82, 2.24) is 39.6 Å². The van der Waals surface area contributed by atoms with E-state index in [4.69, 9.17) is 0 Å². The third kappa shape index (κ3) is 6.57. The molecular weight excluding hydrogens is 540 g/mol. The molecule has 1 saturated heterocycles. The van der Waals surface area contributed by atoms with E-state index in [1.807, 2.05) is 12.3 Å². The van der Waals surface area contributed by atoms with Crippen molar-refractivity contribution in [2.45, 2.75) is 30.7 Å². The molecule has 1 aromatic carbocycles. The second-order valence-electron chi connectivity index (χ2n) is 9.14. The third-order valence-corrected chi connectivity index (χ3v) is 8.17. The van der Waals surface area contributed by atoms with Crippen LogP contribution in [0.25, 0.3) is 17.8 Å². The van der Waals surface area contributed by atoms with Gasteiger partial charge in [0.1, 0.15) is 16.6 Å². The number of nitrogens with one attached hydrogen (secondary N) is 4. The molecule has 0 unspecified atom stereocenters. The number of carbonyl (C=O) groups is 1. The van der Waals surface area contributed by atoms with E-state index in [1.165, 1.54) is 29.5 Å². The highest BCUT2D eigenvalue weighted by Crippen LogP contribution is 2.19.